The molecule has 0 aliphatic rings. The molecule has 0 radical (unpaired) electrons. The Labute approximate surface area is 247 Å². The van der Waals surface area contributed by atoms with E-state index >= 15 is 0 Å². The first-order valence-electron chi connectivity index (χ1n) is 18.3. The van der Waals surface area contributed by atoms with Crippen LogP contribution in [0, 0.1) is 0 Å². The molecule has 0 saturated carbocycles. The third-order valence-corrected chi connectivity index (χ3v) is 8.62. The molecule has 0 saturated heterocycles. The van der Waals surface area contributed by atoms with Crippen LogP contribution in [0.1, 0.15) is 213 Å². The smallest absolute Gasteiger partial charge is 0.314 e. The molecule has 3 nitrogen and oxygen atoms in total. The van der Waals surface area contributed by atoms with Crippen molar-refractivity contribution in [3.05, 3.63) is 0 Å². The molecular weight excluding hydrogens is 476 g/mol. The molecule has 3 heteroatoms. The van der Waals surface area contributed by atoms with E-state index in [2.05, 4.69) is 13.8 Å². The summed E-state index contributed by atoms with van der Waals surface area (Å²) in [5, 5.41) is 0. The van der Waals surface area contributed by atoms with Crippen molar-refractivity contribution in [1.29, 1.82) is 0 Å². The van der Waals surface area contributed by atoms with E-state index in [1.165, 1.54) is 186 Å². The molecule has 0 spiro atoms. The zero-order valence-electron chi connectivity index (χ0n) is 27.3. The first kappa shape index (κ1) is 38.3. The molecular formula is C36H74N2O. The molecule has 0 aromatic heterocycles. The molecule has 39 heavy (non-hydrogen) atoms. The monoisotopic (exact) mass is 551 g/mol. The highest BCUT2D eigenvalue weighted by molar-refractivity contribution is 5.71. The van der Waals surface area contributed by atoms with E-state index in [1.54, 1.807) is 0 Å². The van der Waals surface area contributed by atoms with Crippen LogP contribution in [0.15, 0.2) is 0 Å². The summed E-state index contributed by atoms with van der Waals surface area (Å²) >= 11 is 0. The minimum absolute atomic E-state index is 0.221. The van der Waals surface area contributed by atoms with Crippen molar-refractivity contribution in [3.63, 3.8) is 0 Å². The Morgan fingerprint density at radius 3 is 0.718 bits per heavy atom. The SMILES string of the molecule is CCCCCCCCCCCCCCCCCCN(CCCCCCCCCCCCCCCCC)C(N)=O. The van der Waals surface area contributed by atoms with E-state index in [0.29, 0.717) is 0 Å². The molecule has 0 heterocycles. The van der Waals surface area contributed by atoms with Gasteiger partial charge in [0.15, 0.2) is 0 Å². The average Bonchev–Trinajstić information content (AvgIpc) is 2.93. The lowest BCUT2D eigenvalue weighted by Crippen LogP contribution is -2.37. The molecule has 0 aliphatic carbocycles. The van der Waals surface area contributed by atoms with E-state index < -0.39 is 0 Å². The van der Waals surface area contributed by atoms with Crippen LogP contribution in [0.2, 0.25) is 0 Å². The summed E-state index contributed by atoms with van der Waals surface area (Å²) in [5.41, 5.74) is 5.65. The van der Waals surface area contributed by atoms with E-state index in [9.17, 15) is 4.79 Å². The summed E-state index contributed by atoms with van der Waals surface area (Å²) in [4.78, 5) is 13.7. The van der Waals surface area contributed by atoms with Crippen LogP contribution < -0.4 is 5.73 Å². The molecule has 0 fully saturated rings. The van der Waals surface area contributed by atoms with Gasteiger partial charge in [0.05, 0.1) is 0 Å². The largest absolute Gasteiger partial charge is 0.351 e. The number of unbranched alkanes of at least 4 members (excludes halogenated alkanes) is 29. The van der Waals surface area contributed by atoms with Gasteiger partial charge in [-0.2, -0.15) is 0 Å². The third-order valence-electron chi connectivity index (χ3n) is 8.62. The van der Waals surface area contributed by atoms with Gasteiger partial charge < -0.3 is 10.6 Å². The van der Waals surface area contributed by atoms with Gasteiger partial charge in [0.2, 0.25) is 0 Å². The summed E-state index contributed by atoms with van der Waals surface area (Å²) < 4.78 is 0. The predicted molar refractivity (Wildman–Crippen MR) is 176 cm³/mol. The fraction of sp³-hybridized carbons (Fsp3) is 0.972. The summed E-state index contributed by atoms with van der Waals surface area (Å²) in [6.45, 7) is 6.29. The number of hydrogen-bond acceptors (Lipinski definition) is 1. The number of carbonyl (C=O) groups excluding carboxylic acids is 1. The lowest BCUT2D eigenvalue weighted by atomic mass is 10.0. The summed E-state index contributed by atoms with van der Waals surface area (Å²) in [6.07, 6.45) is 42.7. The van der Waals surface area contributed by atoms with Crippen LogP contribution in [-0.2, 0) is 0 Å². The number of nitrogens with zero attached hydrogens (tertiary/aromatic N) is 1. The highest BCUT2D eigenvalue weighted by Gasteiger charge is 2.08. The maximum Gasteiger partial charge on any atom is 0.314 e. The van der Waals surface area contributed by atoms with Gasteiger partial charge >= 0.3 is 6.03 Å². The fourth-order valence-electron chi connectivity index (χ4n) is 5.86. The minimum atomic E-state index is -0.221. The van der Waals surface area contributed by atoms with Gasteiger partial charge in [0.1, 0.15) is 0 Å². The molecule has 2 N–H and O–H groups in total. The van der Waals surface area contributed by atoms with Crippen LogP contribution in [0.4, 0.5) is 4.79 Å². The van der Waals surface area contributed by atoms with Gasteiger partial charge in [-0.25, -0.2) is 4.79 Å². The van der Waals surface area contributed by atoms with Gasteiger partial charge in [0, 0.05) is 13.1 Å². The van der Waals surface area contributed by atoms with Crippen molar-refractivity contribution >= 4 is 6.03 Å². The second-order valence-electron chi connectivity index (χ2n) is 12.6. The third kappa shape index (κ3) is 31.7. The van der Waals surface area contributed by atoms with Crippen molar-refractivity contribution < 1.29 is 4.79 Å². The van der Waals surface area contributed by atoms with Crippen molar-refractivity contribution in [3.8, 4) is 0 Å². The Balaban J connectivity index is 3.38. The van der Waals surface area contributed by atoms with E-state index in [4.69, 9.17) is 5.73 Å². The van der Waals surface area contributed by atoms with E-state index in [-0.39, 0.29) is 6.03 Å². The molecule has 0 unspecified atom stereocenters. The molecule has 0 atom stereocenters. The van der Waals surface area contributed by atoms with E-state index in [0.717, 1.165) is 25.9 Å². The Kier molecular flexibility index (Phi) is 32.8. The quantitative estimate of drug-likeness (QED) is 0.0811. The number of primary amides is 1. The molecule has 0 aliphatic heterocycles. The maximum absolute atomic E-state index is 11.8. The summed E-state index contributed by atoms with van der Waals surface area (Å²) in [5.74, 6) is 0. The maximum atomic E-state index is 11.8. The highest BCUT2D eigenvalue weighted by Crippen LogP contribution is 2.15. The van der Waals surface area contributed by atoms with Crippen LogP contribution in [0.3, 0.4) is 0 Å². The number of rotatable bonds is 33. The molecule has 2 amide bonds. The topological polar surface area (TPSA) is 46.3 Å². The fourth-order valence-corrected chi connectivity index (χ4v) is 5.86. The van der Waals surface area contributed by atoms with Crippen LogP contribution in [0.25, 0.3) is 0 Å². The second-order valence-corrected chi connectivity index (χ2v) is 12.6. The van der Waals surface area contributed by atoms with E-state index in [1.807, 2.05) is 4.90 Å². The molecule has 0 aromatic carbocycles. The summed E-state index contributed by atoms with van der Waals surface area (Å²) in [6, 6.07) is -0.221. The van der Waals surface area contributed by atoms with Crippen molar-refractivity contribution in [2.45, 2.75) is 213 Å². The number of nitrogens with two attached hydrogens (primary N) is 1. The first-order valence-corrected chi connectivity index (χ1v) is 18.3. The van der Waals surface area contributed by atoms with Crippen molar-refractivity contribution in [1.82, 2.24) is 4.90 Å². The number of carbonyl (C=O) groups is 1. The number of urea groups is 1. The Hall–Kier alpha value is -0.730. The Bertz CT molecular complexity index is 467. The lowest BCUT2D eigenvalue weighted by Gasteiger charge is -2.20. The zero-order chi connectivity index (χ0) is 28.5. The lowest BCUT2D eigenvalue weighted by molar-refractivity contribution is 0.204. The van der Waals surface area contributed by atoms with Crippen molar-refractivity contribution in [2.24, 2.45) is 5.73 Å². The predicted octanol–water partition coefficient (Wildman–Crippen LogP) is 12.5. The minimum Gasteiger partial charge on any atom is -0.351 e. The number of hydrogen-bond donors (Lipinski definition) is 1. The molecule has 234 valence electrons. The molecule has 0 rings (SSSR count). The van der Waals surface area contributed by atoms with Gasteiger partial charge in [-0.1, -0.05) is 200 Å². The standard InChI is InChI=1S/C36H74N2O/c1-3-5-7-9-11-13-15-17-19-21-23-25-27-29-31-33-35-38(36(37)39)34-32-30-28-26-24-22-20-18-16-14-12-10-8-6-4-2/h3-35H2,1-2H3,(H2,37,39). The van der Waals surface area contributed by atoms with Gasteiger partial charge in [-0.3, -0.25) is 0 Å². The van der Waals surface area contributed by atoms with Gasteiger partial charge in [0.25, 0.3) is 0 Å². The number of amides is 2. The van der Waals surface area contributed by atoms with Gasteiger partial charge in [-0.15, -0.1) is 0 Å². The molecule has 0 aromatic rings. The normalized spacial score (nSPS) is 11.3. The Morgan fingerprint density at radius 2 is 0.538 bits per heavy atom. The second kappa shape index (κ2) is 33.5. The van der Waals surface area contributed by atoms with Crippen LogP contribution in [0.5, 0.6) is 0 Å². The Morgan fingerprint density at radius 1 is 0.359 bits per heavy atom. The first-order chi connectivity index (χ1) is 19.2. The van der Waals surface area contributed by atoms with Crippen LogP contribution >= 0.6 is 0 Å². The molecule has 0 bridgehead atoms. The van der Waals surface area contributed by atoms with Crippen molar-refractivity contribution in [2.75, 3.05) is 13.1 Å². The summed E-state index contributed by atoms with van der Waals surface area (Å²) in [7, 11) is 0. The average molecular weight is 551 g/mol. The zero-order valence-corrected chi connectivity index (χ0v) is 27.3. The van der Waals surface area contributed by atoms with Crippen LogP contribution in [-0.4, -0.2) is 24.0 Å². The van der Waals surface area contributed by atoms with Gasteiger partial charge in [-0.05, 0) is 12.8 Å². The highest BCUT2D eigenvalue weighted by atomic mass is 16.2.